The maximum absolute atomic E-state index is 12.0. The van der Waals surface area contributed by atoms with Crippen LogP contribution in [0.2, 0.25) is 0 Å². The van der Waals surface area contributed by atoms with E-state index in [4.69, 9.17) is 4.74 Å². The number of phenols is 2. The predicted molar refractivity (Wildman–Crippen MR) is 80.9 cm³/mol. The Labute approximate surface area is 132 Å². The normalized spacial score (nSPS) is 10.4. The Morgan fingerprint density at radius 1 is 1.04 bits per heavy atom. The fourth-order valence-corrected chi connectivity index (χ4v) is 2.35. The molecule has 0 spiro atoms. The van der Waals surface area contributed by atoms with E-state index < -0.39 is 17.7 Å². The largest absolute Gasteiger partial charge is 0.507 e. The molecule has 0 heterocycles. The van der Waals surface area contributed by atoms with Gasteiger partial charge >= 0.3 is 11.9 Å². The zero-order valence-electron chi connectivity index (χ0n) is 12.9. The van der Waals surface area contributed by atoms with E-state index >= 15 is 0 Å². The molecule has 0 unspecified atom stereocenters. The highest BCUT2D eigenvalue weighted by molar-refractivity contribution is 6.06. The number of carbonyl (C=O) groups excluding carboxylic acids is 2. The molecule has 2 aromatic rings. The summed E-state index contributed by atoms with van der Waals surface area (Å²) in [6, 6.07) is 4.38. The predicted octanol–water partition coefficient (Wildman–Crippen LogP) is 1.76. The molecule has 7 heteroatoms. The number of hydrogen-bond donors (Lipinski definition) is 2. The van der Waals surface area contributed by atoms with Crippen molar-refractivity contribution in [2.24, 2.45) is 0 Å². The number of fused-ring (bicyclic) bond motifs is 1. The van der Waals surface area contributed by atoms with Crippen LogP contribution in [-0.4, -0.2) is 43.5 Å². The van der Waals surface area contributed by atoms with Crippen molar-refractivity contribution >= 4 is 22.7 Å². The first-order valence-electron chi connectivity index (χ1n) is 6.63. The summed E-state index contributed by atoms with van der Waals surface area (Å²) in [7, 11) is 3.80. The molecular weight excluding hydrogens is 304 g/mol. The first-order chi connectivity index (χ1) is 10.9. The van der Waals surface area contributed by atoms with Gasteiger partial charge in [0.1, 0.15) is 22.8 Å². The first kappa shape index (κ1) is 16.4. The van der Waals surface area contributed by atoms with Gasteiger partial charge in [0.15, 0.2) is 0 Å². The average molecular weight is 320 g/mol. The van der Waals surface area contributed by atoms with Crippen LogP contribution in [0.15, 0.2) is 18.2 Å². The van der Waals surface area contributed by atoms with Crippen molar-refractivity contribution in [1.82, 2.24) is 0 Å². The average Bonchev–Trinajstić information content (AvgIpc) is 2.53. The lowest BCUT2D eigenvalue weighted by Crippen LogP contribution is -2.12. The summed E-state index contributed by atoms with van der Waals surface area (Å²) in [6.07, 6.45) is -0.234. The van der Waals surface area contributed by atoms with Crippen molar-refractivity contribution in [2.45, 2.75) is 6.42 Å². The molecule has 0 amide bonds. The SMILES string of the molecule is COC(=O)Cc1cc2cc(OC)cc(O)c2c(O)c1C(=O)OC. The smallest absolute Gasteiger partial charge is 0.341 e. The topological polar surface area (TPSA) is 102 Å². The van der Waals surface area contributed by atoms with Crippen LogP contribution in [0.25, 0.3) is 10.8 Å². The maximum atomic E-state index is 12.0. The molecule has 0 saturated carbocycles. The van der Waals surface area contributed by atoms with Gasteiger partial charge in [-0.3, -0.25) is 4.79 Å². The highest BCUT2D eigenvalue weighted by Gasteiger charge is 2.24. The van der Waals surface area contributed by atoms with E-state index in [0.717, 1.165) is 7.11 Å². The Morgan fingerprint density at radius 3 is 2.30 bits per heavy atom. The molecule has 2 aromatic carbocycles. The van der Waals surface area contributed by atoms with Gasteiger partial charge in [0.2, 0.25) is 0 Å². The number of carbonyl (C=O) groups is 2. The quantitative estimate of drug-likeness (QED) is 0.827. The second-order valence-corrected chi connectivity index (χ2v) is 4.75. The fraction of sp³-hybridized carbons (Fsp3) is 0.250. The van der Waals surface area contributed by atoms with Crippen LogP contribution >= 0.6 is 0 Å². The fourth-order valence-electron chi connectivity index (χ4n) is 2.35. The summed E-state index contributed by atoms with van der Waals surface area (Å²) in [4.78, 5) is 23.5. The van der Waals surface area contributed by atoms with Crippen molar-refractivity contribution in [2.75, 3.05) is 21.3 Å². The van der Waals surface area contributed by atoms with Gasteiger partial charge in [-0.15, -0.1) is 0 Å². The molecule has 0 aliphatic rings. The van der Waals surface area contributed by atoms with E-state index in [1.165, 1.54) is 26.4 Å². The summed E-state index contributed by atoms with van der Waals surface area (Å²) in [5.74, 6) is -1.76. The molecule has 0 radical (unpaired) electrons. The summed E-state index contributed by atoms with van der Waals surface area (Å²) in [5, 5.41) is 21.0. The number of esters is 2. The van der Waals surface area contributed by atoms with E-state index in [1.54, 1.807) is 6.07 Å². The molecular formula is C16H16O7. The Hall–Kier alpha value is -2.96. The van der Waals surface area contributed by atoms with Gasteiger partial charge in [-0.25, -0.2) is 4.79 Å². The van der Waals surface area contributed by atoms with Gasteiger partial charge in [0.05, 0.1) is 33.1 Å². The molecule has 0 bridgehead atoms. The van der Waals surface area contributed by atoms with Gasteiger partial charge in [0.25, 0.3) is 0 Å². The first-order valence-corrected chi connectivity index (χ1v) is 6.63. The van der Waals surface area contributed by atoms with E-state index in [9.17, 15) is 19.8 Å². The molecule has 0 atom stereocenters. The number of phenolic OH excluding ortho intramolecular Hbond substituents is 2. The van der Waals surface area contributed by atoms with Crippen LogP contribution in [0, 0.1) is 0 Å². The minimum absolute atomic E-state index is 0.0693. The standard InChI is InChI=1S/C16H16O7/c1-21-10-5-8-4-9(6-12(18)22-2)14(16(20)23-3)15(19)13(8)11(17)7-10/h4-5,7,17,19H,6H2,1-3H3. The molecule has 0 fully saturated rings. The molecule has 0 saturated heterocycles. The number of hydrogen-bond acceptors (Lipinski definition) is 7. The van der Waals surface area contributed by atoms with Crippen LogP contribution in [0.5, 0.6) is 17.2 Å². The number of ether oxygens (including phenoxy) is 3. The molecule has 0 aliphatic heterocycles. The van der Waals surface area contributed by atoms with Gasteiger partial charge in [-0.05, 0) is 23.1 Å². The minimum Gasteiger partial charge on any atom is -0.507 e. The number of methoxy groups -OCH3 is 3. The number of rotatable bonds is 4. The third kappa shape index (κ3) is 2.98. The molecule has 23 heavy (non-hydrogen) atoms. The van der Waals surface area contributed by atoms with Gasteiger partial charge in [-0.1, -0.05) is 0 Å². The van der Waals surface area contributed by atoms with Crippen LogP contribution in [0.4, 0.5) is 0 Å². The molecule has 2 N–H and O–H groups in total. The number of benzene rings is 2. The monoisotopic (exact) mass is 320 g/mol. The Balaban J connectivity index is 2.80. The Kier molecular flexibility index (Phi) is 4.59. The second kappa shape index (κ2) is 6.43. The summed E-state index contributed by atoms with van der Waals surface area (Å²) >= 11 is 0. The third-order valence-corrected chi connectivity index (χ3v) is 3.43. The Bertz CT molecular complexity index is 780. The summed E-state index contributed by atoms with van der Waals surface area (Å²) in [5.41, 5.74) is 0.0345. The maximum Gasteiger partial charge on any atom is 0.341 e. The summed E-state index contributed by atoms with van der Waals surface area (Å²) in [6.45, 7) is 0. The van der Waals surface area contributed by atoms with E-state index in [0.29, 0.717) is 11.1 Å². The van der Waals surface area contributed by atoms with Crippen molar-refractivity contribution in [3.8, 4) is 17.2 Å². The second-order valence-electron chi connectivity index (χ2n) is 4.75. The van der Waals surface area contributed by atoms with E-state index in [-0.39, 0.29) is 28.7 Å². The Morgan fingerprint density at radius 2 is 1.74 bits per heavy atom. The minimum atomic E-state index is -0.821. The molecule has 122 valence electrons. The molecule has 0 aromatic heterocycles. The van der Waals surface area contributed by atoms with E-state index in [2.05, 4.69) is 9.47 Å². The van der Waals surface area contributed by atoms with Gasteiger partial charge < -0.3 is 24.4 Å². The highest BCUT2D eigenvalue weighted by atomic mass is 16.5. The zero-order chi connectivity index (χ0) is 17.1. The van der Waals surface area contributed by atoms with Crippen LogP contribution in [0.3, 0.4) is 0 Å². The lowest BCUT2D eigenvalue weighted by atomic mass is 9.96. The summed E-state index contributed by atoms with van der Waals surface area (Å²) < 4.78 is 14.3. The van der Waals surface area contributed by atoms with Crippen LogP contribution in [0.1, 0.15) is 15.9 Å². The molecule has 0 aliphatic carbocycles. The number of aromatic hydroxyl groups is 2. The highest BCUT2D eigenvalue weighted by Crippen LogP contribution is 2.40. The van der Waals surface area contributed by atoms with Crippen molar-refractivity contribution in [1.29, 1.82) is 0 Å². The van der Waals surface area contributed by atoms with Crippen molar-refractivity contribution in [3.63, 3.8) is 0 Å². The zero-order valence-corrected chi connectivity index (χ0v) is 12.9. The molecule has 2 rings (SSSR count). The van der Waals surface area contributed by atoms with Gasteiger partial charge in [0, 0.05) is 6.07 Å². The van der Waals surface area contributed by atoms with Crippen LogP contribution < -0.4 is 4.74 Å². The lowest BCUT2D eigenvalue weighted by Gasteiger charge is -2.14. The lowest BCUT2D eigenvalue weighted by molar-refractivity contribution is -0.139. The molecule has 7 nitrogen and oxygen atoms in total. The van der Waals surface area contributed by atoms with Crippen molar-refractivity contribution in [3.05, 3.63) is 29.3 Å². The van der Waals surface area contributed by atoms with Gasteiger partial charge in [-0.2, -0.15) is 0 Å². The van der Waals surface area contributed by atoms with Crippen LogP contribution in [-0.2, 0) is 20.7 Å². The van der Waals surface area contributed by atoms with Crippen molar-refractivity contribution < 1.29 is 34.0 Å². The third-order valence-electron chi connectivity index (χ3n) is 3.43. The van der Waals surface area contributed by atoms with E-state index in [1.807, 2.05) is 0 Å².